The summed E-state index contributed by atoms with van der Waals surface area (Å²) in [6, 6.07) is -0.454. The summed E-state index contributed by atoms with van der Waals surface area (Å²) in [5.41, 5.74) is 0.105. The van der Waals surface area contributed by atoms with Crippen molar-refractivity contribution in [1.29, 1.82) is 0 Å². The molecular formula is C14H21N5O2. The highest BCUT2D eigenvalue weighted by atomic mass is 16.6. The number of hydrogen-bond acceptors (Lipinski definition) is 6. The molecule has 0 aliphatic carbocycles. The van der Waals surface area contributed by atoms with Gasteiger partial charge >= 0.3 is 5.97 Å². The van der Waals surface area contributed by atoms with E-state index in [1.54, 1.807) is 30.0 Å². The van der Waals surface area contributed by atoms with Crippen molar-refractivity contribution in [2.24, 2.45) is 0 Å². The Labute approximate surface area is 123 Å². The van der Waals surface area contributed by atoms with Gasteiger partial charge in [0.25, 0.3) is 0 Å². The van der Waals surface area contributed by atoms with Crippen LogP contribution >= 0.6 is 0 Å². The monoisotopic (exact) mass is 291 g/mol. The SMILES string of the molecule is CCN(c1nccn2cnnc12)C(C)C(=O)OC(C)(C)C. The molecular weight excluding hydrogens is 270 g/mol. The predicted octanol–water partition coefficient (Wildman–Crippen LogP) is 1.68. The molecule has 0 saturated carbocycles. The van der Waals surface area contributed by atoms with E-state index in [0.717, 1.165) is 0 Å². The number of fused-ring (bicyclic) bond motifs is 1. The van der Waals surface area contributed by atoms with Crippen LogP contribution in [-0.4, -0.2) is 43.7 Å². The summed E-state index contributed by atoms with van der Waals surface area (Å²) in [5, 5.41) is 7.93. The van der Waals surface area contributed by atoms with Crippen LogP contribution in [0, 0.1) is 0 Å². The van der Waals surface area contributed by atoms with Crippen LogP contribution in [0.5, 0.6) is 0 Å². The van der Waals surface area contributed by atoms with E-state index in [1.807, 2.05) is 32.6 Å². The number of hydrogen-bond donors (Lipinski definition) is 0. The summed E-state index contributed by atoms with van der Waals surface area (Å²) in [5.74, 6) is 0.337. The van der Waals surface area contributed by atoms with Gasteiger partial charge in [0.05, 0.1) is 0 Å². The van der Waals surface area contributed by atoms with Gasteiger partial charge in [0.2, 0.25) is 5.65 Å². The molecule has 2 aromatic rings. The second-order valence-electron chi connectivity index (χ2n) is 5.81. The normalized spacial score (nSPS) is 13.2. The Balaban J connectivity index is 2.31. The first kappa shape index (κ1) is 15.2. The summed E-state index contributed by atoms with van der Waals surface area (Å²) in [7, 11) is 0. The van der Waals surface area contributed by atoms with Gasteiger partial charge in [-0.15, -0.1) is 10.2 Å². The molecule has 0 N–H and O–H groups in total. The van der Waals surface area contributed by atoms with E-state index in [2.05, 4.69) is 15.2 Å². The molecule has 1 unspecified atom stereocenters. The molecule has 2 heterocycles. The van der Waals surface area contributed by atoms with Crippen molar-refractivity contribution in [1.82, 2.24) is 19.6 Å². The standard InChI is InChI=1S/C14H21N5O2/c1-6-19(10(2)13(20)21-14(3,4)5)11-12-17-16-9-18(12)8-7-15-11/h7-10H,6H2,1-5H3. The molecule has 0 spiro atoms. The van der Waals surface area contributed by atoms with Crippen molar-refractivity contribution in [2.45, 2.75) is 46.3 Å². The number of esters is 1. The fraction of sp³-hybridized carbons (Fsp3) is 0.571. The Morgan fingerprint density at radius 2 is 2.19 bits per heavy atom. The molecule has 1 atom stereocenters. The van der Waals surface area contributed by atoms with Gasteiger partial charge in [-0.3, -0.25) is 4.40 Å². The summed E-state index contributed by atoms with van der Waals surface area (Å²) in [4.78, 5) is 18.5. The molecule has 0 bridgehead atoms. The van der Waals surface area contributed by atoms with Crippen LogP contribution in [0.15, 0.2) is 18.7 Å². The van der Waals surface area contributed by atoms with Crippen molar-refractivity contribution < 1.29 is 9.53 Å². The molecule has 7 heteroatoms. The van der Waals surface area contributed by atoms with Crippen LogP contribution in [0.1, 0.15) is 34.6 Å². The van der Waals surface area contributed by atoms with E-state index < -0.39 is 11.6 Å². The largest absolute Gasteiger partial charge is 0.458 e. The van der Waals surface area contributed by atoms with Gasteiger partial charge in [-0.1, -0.05) is 0 Å². The predicted molar refractivity (Wildman–Crippen MR) is 79.1 cm³/mol. The van der Waals surface area contributed by atoms with Crippen molar-refractivity contribution in [3.8, 4) is 0 Å². The van der Waals surface area contributed by atoms with E-state index in [9.17, 15) is 4.79 Å². The van der Waals surface area contributed by atoms with Crippen LogP contribution in [0.3, 0.4) is 0 Å². The molecule has 2 aromatic heterocycles. The average molecular weight is 291 g/mol. The van der Waals surface area contributed by atoms with Gasteiger partial charge in [0, 0.05) is 18.9 Å². The van der Waals surface area contributed by atoms with Gasteiger partial charge < -0.3 is 9.64 Å². The summed E-state index contributed by atoms with van der Waals surface area (Å²) in [6.45, 7) is 9.93. The fourth-order valence-electron chi connectivity index (χ4n) is 2.07. The summed E-state index contributed by atoms with van der Waals surface area (Å²) in [6.07, 6.45) is 5.04. The Morgan fingerprint density at radius 3 is 2.81 bits per heavy atom. The highest BCUT2D eigenvalue weighted by Crippen LogP contribution is 2.20. The van der Waals surface area contributed by atoms with E-state index >= 15 is 0 Å². The molecule has 0 fully saturated rings. The number of anilines is 1. The smallest absolute Gasteiger partial charge is 0.329 e. The van der Waals surface area contributed by atoms with Crippen LogP contribution in [0.25, 0.3) is 5.65 Å². The average Bonchev–Trinajstić information content (AvgIpc) is 2.86. The molecule has 21 heavy (non-hydrogen) atoms. The minimum absolute atomic E-state index is 0.285. The number of carbonyl (C=O) groups excluding carboxylic acids is 1. The lowest BCUT2D eigenvalue weighted by molar-refractivity contribution is -0.156. The van der Waals surface area contributed by atoms with Gasteiger partial charge in [-0.05, 0) is 34.6 Å². The summed E-state index contributed by atoms with van der Waals surface area (Å²) >= 11 is 0. The zero-order valence-electron chi connectivity index (χ0n) is 13.1. The fourth-order valence-corrected chi connectivity index (χ4v) is 2.07. The number of nitrogens with zero attached hydrogens (tertiary/aromatic N) is 5. The van der Waals surface area contributed by atoms with Crippen LogP contribution < -0.4 is 4.90 Å². The zero-order valence-corrected chi connectivity index (χ0v) is 13.1. The maximum absolute atomic E-state index is 12.3. The first-order chi connectivity index (χ1) is 9.83. The maximum Gasteiger partial charge on any atom is 0.329 e. The molecule has 114 valence electrons. The molecule has 0 radical (unpaired) electrons. The Kier molecular flexibility index (Phi) is 4.11. The van der Waals surface area contributed by atoms with E-state index in [1.165, 1.54) is 0 Å². The molecule has 0 aromatic carbocycles. The van der Waals surface area contributed by atoms with Gasteiger partial charge in [0.15, 0.2) is 5.82 Å². The van der Waals surface area contributed by atoms with Gasteiger partial charge in [0.1, 0.15) is 18.0 Å². The molecule has 0 amide bonds. The Morgan fingerprint density at radius 1 is 1.48 bits per heavy atom. The third-order valence-electron chi connectivity index (χ3n) is 3.03. The third-order valence-corrected chi connectivity index (χ3v) is 3.03. The highest BCUT2D eigenvalue weighted by Gasteiger charge is 2.28. The highest BCUT2D eigenvalue weighted by molar-refractivity contribution is 5.81. The first-order valence-corrected chi connectivity index (χ1v) is 6.97. The lowest BCUT2D eigenvalue weighted by Gasteiger charge is -2.30. The van der Waals surface area contributed by atoms with Crippen molar-refractivity contribution in [2.75, 3.05) is 11.4 Å². The van der Waals surface area contributed by atoms with Crippen LogP contribution in [0.4, 0.5) is 5.82 Å². The Bertz CT molecular complexity index is 632. The van der Waals surface area contributed by atoms with Crippen LogP contribution in [0.2, 0.25) is 0 Å². The van der Waals surface area contributed by atoms with E-state index in [4.69, 9.17) is 4.74 Å². The minimum Gasteiger partial charge on any atom is -0.458 e. The van der Waals surface area contributed by atoms with E-state index in [0.29, 0.717) is 18.0 Å². The number of aromatic nitrogens is 4. The van der Waals surface area contributed by atoms with Crippen molar-refractivity contribution in [3.05, 3.63) is 18.7 Å². The lowest BCUT2D eigenvalue weighted by atomic mass is 10.2. The second kappa shape index (κ2) is 5.67. The molecule has 2 rings (SSSR count). The first-order valence-electron chi connectivity index (χ1n) is 6.97. The van der Waals surface area contributed by atoms with Gasteiger partial charge in [-0.25, -0.2) is 9.78 Å². The maximum atomic E-state index is 12.3. The van der Waals surface area contributed by atoms with Crippen molar-refractivity contribution >= 4 is 17.4 Å². The molecule has 0 aliphatic heterocycles. The van der Waals surface area contributed by atoms with Crippen LogP contribution in [-0.2, 0) is 9.53 Å². The Hall–Kier alpha value is -2.18. The summed E-state index contributed by atoms with van der Waals surface area (Å²) < 4.78 is 7.22. The van der Waals surface area contributed by atoms with Gasteiger partial charge in [-0.2, -0.15) is 0 Å². The number of rotatable bonds is 4. The van der Waals surface area contributed by atoms with E-state index in [-0.39, 0.29) is 5.97 Å². The quantitative estimate of drug-likeness (QED) is 0.798. The molecule has 0 saturated heterocycles. The third kappa shape index (κ3) is 3.29. The minimum atomic E-state index is -0.515. The zero-order chi connectivity index (χ0) is 15.6. The number of likely N-dealkylation sites (N-methyl/N-ethyl adjacent to an activating group) is 1. The molecule has 0 aliphatic rings. The topological polar surface area (TPSA) is 72.6 Å². The second-order valence-corrected chi connectivity index (χ2v) is 5.81. The number of ether oxygens (including phenoxy) is 1. The lowest BCUT2D eigenvalue weighted by Crippen LogP contribution is -2.43. The molecule has 7 nitrogen and oxygen atoms in total. The number of carbonyl (C=O) groups is 1. The van der Waals surface area contributed by atoms with Crippen molar-refractivity contribution in [3.63, 3.8) is 0 Å².